The van der Waals surface area contributed by atoms with E-state index in [9.17, 15) is 0 Å². The molecule has 2 rings (SSSR count). The third kappa shape index (κ3) is 1.72. The Morgan fingerprint density at radius 3 is 2.07 bits per heavy atom. The first kappa shape index (κ1) is 11.4. The van der Waals surface area contributed by atoms with Crippen LogP contribution in [0.5, 0.6) is 0 Å². The van der Waals surface area contributed by atoms with E-state index in [0.29, 0.717) is 11.5 Å². The summed E-state index contributed by atoms with van der Waals surface area (Å²) in [5, 5.41) is 0. The van der Waals surface area contributed by atoms with Crippen LogP contribution >= 0.6 is 0 Å². The van der Waals surface area contributed by atoms with Crippen molar-refractivity contribution in [3.63, 3.8) is 0 Å². The maximum Gasteiger partial charge on any atom is 0.0151 e. The lowest BCUT2D eigenvalue weighted by Crippen LogP contribution is -2.62. The van der Waals surface area contributed by atoms with E-state index in [1.165, 1.54) is 26.1 Å². The van der Waals surface area contributed by atoms with Crippen molar-refractivity contribution in [2.75, 3.05) is 19.6 Å². The van der Waals surface area contributed by atoms with Crippen LogP contribution in [0.4, 0.5) is 0 Å². The third-order valence-corrected chi connectivity index (χ3v) is 4.68. The van der Waals surface area contributed by atoms with Crippen molar-refractivity contribution in [1.29, 1.82) is 0 Å². The van der Waals surface area contributed by atoms with Crippen LogP contribution in [-0.4, -0.2) is 47.6 Å². The standard InChI is InChI=1S/C13H26N2/c1-10(2)14-8-13(9-14)6-7-15(11(3)4)12(13)5/h10-12H,6-9H2,1-5H3. The van der Waals surface area contributed by atoms with Crippen LogP contribution in [0.1, 0.15) is 41.0 Å². The number of nitrogens with zero attached hydrogens (tertiary/aromatic N) is 2. The first-order valence-electron chi connectivity index (χ1n) is 6.46. The van der Waals surface area contributed by atoms with E-state index < -0.39 is 0 Å². The van der Waals surface area contributed by atoms with Gasteiger partial charge < -0.3 is 0 Å². The molecule has 0 aromatic heterocycles. The van der Waals surface area contributed by atoms with E-state index in [0.717, 1.165) is 12.1 Å². The smallest absolute Gasteiger partial charge is 0.0151 e. The average Bonchev–Trinajstić information content (AvgIpc) is 2.39. The first-order valence-corrected chi connectivity index (χ1v) is 6.46. The summed E-state index contributed by atoms with van der Waals surface area (Å²) in [6.45, 7) is 15.7. The molecular formula is C13H26N2. The van der Waals surface area contributed by atoms with Gasteiger partial charge in [0.1, 0.15) is 0 Å². The molecule has 0 aromatic carbocycles. The highest BCUT2D eigenvalue weighted by Gasteiger charge is 2.53. The van der Waals surface area contributed by atoms with E-state index in [4.69, 9.17) is 0 Å². The second-order valence-corrected chi connectivity index (χ2v) is 6.12. The predicted molar refractivity (Wildman–Crippen MR) is 65.1 cm³/mol. The SMILES string of the molecule is CC(C)N1CC2(CCN(C(C)C)C2C)C1. The molecule has 2 fully saturated rings. The van der Waals surface area contributed by atoms with Gasteiger partial charge >= 0.3 is 0 Å². The second-order valence-electron chi connectivity index (χ2n) is 6.12. The van der Waals surface area contributed by atoms with Gasteiger partial charge in [-0.15, -0.1) is 0 Å². The van der Waals surface area contributed by atoms with Crippen LogP contribution < -0.4 is 0 Å². The quantitative estimate of drug-likeness (QED) is 0.689. The summed E-state index contributed by atoms with van der Waals surface area (Å²) >= 11 is 0. The van der Waals surface area contributed by atoms with Gasteiger partial charge in [-0.2, -0.15) is 0 Å². The van der Waals surface area contributed by atoms with Gasteiger partial charge in [-0.25, -0.2) is 0 Å². The van der Waals surface area contributed by atoms with Gasteiger partial charge in [-0.05, 0) is 47.6 Å². The molecule has 2 heteroatoms. The summed E-state index contributed by atoms with van der Waals surface area (Å²) in [7, 11) is 0. The van der Waals surface area contributed by atoms with E-state index in [1.54, 1.807) is 0 Å². The number of hydrogen-bond acceptors (Lipinski definition) is 2. The van der Waals surface area contributed by atoms with Crippen molar-refractivity contribution < 1.29 is 0 Å². The van der Waals surface area contributed by atoms with Crippen LogP contribution in [0.15, 0.2) is 0 Å². The Labute approximate surface area is 94.6 Å². The van der Waals surface area contributed by atoms with Crippen LogP contribution in [0.25, 0.3) is 0 Å². The second kappa shape index (κ2) is 3.74. The molecule has 1 spiro atoms. The summed E-state index contributed by atoms with van der Waals surface area (Å²) in [6, 6.07) is 2.23. The summed E-state index contributed by atoms with van der Waals surface area (Å²) in [6.07, 6.45) is 1.41. The van der Waals surface area contributed by atoms with Crippen molar-refractivity contribution >= 4 is 0 Å². The molecule has 2 aliphatic heterocycles. The third-order valence-electron chi connectivity index (χ3n) is 4.68. The molecule has 2 heterocycles. The van der Waals surface area contributed by atoms with Gasteiger partial charge in [0.15, 0.2) is 0 Å². The molecule has 0 radical (unpaired) electrons. The topological polar surface area (TPSA) is 6.48 Å². The molecule has 2 aliphatic rings. The molecule has 0 saturated carbocycles. The van der Waals surface area contributed by atoms with Crippen LogP contribution in [-0.2, 0) is 0 Å². The van der Waals surface area contributed by atoms with E-state index >= 15 is 0 Å². The molecule has 0 aromatic rings. The molecule has 1 atom stereocenters. The highest BCUT2D eigenvalue weighted by atomic mass is 15.3. The van der Waals surface area contributed by atoms with Crippen LogP contribution in [0, 0.1) is 5.41 Å². The maximum absolute atomic E-state index is 2.68. The Kier molecular flexibility index (Phi) is 2.85. The molecule has 88 valence electrons. The molecule has 1 unspecified atom stereocenters. The summed E-state index contributed by atoms with van der Waals surface area (Å²) in [5.41, 5.74) is 0.633. The Balaban J connectivity index is 1.97. The molecule has 0 amide bonds. The number of rotatable bonds is 2. The number of likely N-dealkylation sites (tertiary alicyclic amines) is 2. The normalized spacial score (nSPS) is 31.8. The molecule has 0 N–H and O–H groups in total. The van der Waals surface area contributed by atoms with Crippen molar-refractivity contribution in [2.45, 2.75) is 59.2 Å². The zero-order valence-corrected chi connectivity index (χ0v) is 11.0. The lowest BCUT2D eigenvalue weighted by Gasteiger charge is -2.53. The fourth-order valence-corrected chi connectivity index (χ4v) is 3.36. The van der Waals surface area contributed by atoms with Crippen LogP contribution in [0.3, 0.4) is 0 Å². The maximum atomic E-state index is 2.68. The Morgan fingerprint density at radius 1 is 1.07 bits per heavy atom. The molecular weight excluding hydrogens is 184 g/mol. The van der Waals surface area contributed by atoms with Crippen molar-refractivity contribution in [3.8, 4) is 0 Å². The highest BCUT2D eigenvalue weighted by Crippen LogP contribution is 2.45. The zero-order valence-electron chi connectivity index (χ0n) is 11.0. The largest absolute Gasteiger partial charge is 0.300 e. The van der Waals surface area contributed by atoms with Gasteiger partial charge in [0.25, 0.3) is 0 Å². The predicted octanol–water partition coefficient (Wildman–Crippen LogP) is 2.20. The summed E-state index contributed by atoms with van der Waals surface area (Å²) in [5.74, 6) is 0. The lowest BCUT2D eigenvalue weighted by molar-refractivity contribution is -0.0434. The minimum atomic E-state index is 0.633. The summed E-state index contributed by atoms with van der Waals surface area (Å²) < 4.78 is 0. The number of hydrogen-bond donors (Lipinski definition) is 0. The Morgan fingerprint density at radius 2 is 1.67 bits per heavy atom. The zero-order chi connectivity index (χ0) is 11.2. The molecule has 0 bridgehead atoms. The molecule has 2 nitrogen and oxygen atoms in total. The highest BCUT2D eigenvalue weighted by molar-refractivity contribution is 5.07. The first-order chi connectivity index (χ1) is 6.96. The van der Waals surface area contributed by atoms with Gasteiger partial charge in [0.05, 0.1) is 0 Å². The molecule has 15 heavy (non-hydrogen) atoms. The Bertz CT molecular complexity index is 229. The van der Waals surface area contributed by atoms with Crippen molar-refractivity contribution in [3.05, 3.63) is 0 Å². The van der Waals surface area contributed by atoms with Crippen molar-refractivity contribution in [2.24, 2.45) is 5.41 Å². The molecule has 2 saturated heterocycles. The van der Waals surface area contributed by atoms with E-state index in [2.05, 4.69) is 44.4 Å². The minimum Gasteiger partial charge on any atom is -0.300 e. The fraction of sp³-hybridized carbons (Fsp3) is 1.00. The Hall–Kier alpha value is -0.0800. The lowest BCUT2D eigenvalue weighted by atomic mass is 9.73. The van der Waals surface area contributed by atoms with Gasteiger partial charge in [0, 0.05) is 36.6 Å². The molecule has 0 aliphatic carbocycles. The van der Waals surface area contributed by atoms with Gasteiger partial charge in [-0.1, -0.05) is 0 Å². The fourth-order valence-electron chi connectivity index (χ4n) is 3.36. The van der Waals surface area contributed by atoms with Gasteiger partial charge in [-0.3, -0.25) is 9.80 Å². The van der Waals surface area contributed by atoms with Crippen LogP contribution in [0.2, 0.25) is 0 Å². The van der Waals surface area contributed by atoms with Crippen molar-refractivity contribution in [1.82, 2.24) is 9.80 Å². The summed E-state index contributed by atoms with van der Waals surface area (Å²) in [4.78, 5) is 5.29. The van der Waals surface area contributed by atoms with Gasteiger partial charge in [0.2, 0.25) is 0 Å². The van der Waals surface area contributed by atoms with E-state index in [1.807, 2.05) is 0 Å². The average molecular weight is 210 g/mol. The minimum absolute atomic E-state index is 0.633. The monoisotopic (exact) mass is 210 g/mol. The van der Waals surface area contributed by atoms with E-state index in [-0.39, 0.29) is 0 Å².